The van der Waals surface area contributed by atoms with E-state index in [0.717, 1.165) is 24.0 Å². The van der Waals surface area contributed by atoms with E-state index in [1.165, 1.54) is 17.7 Å². The van der Waals surface area contributed by atoms with Gasteiger partial charge < -0.3 is 5.11 Å². The number of rotatable bonds is 4. The average molecular weight is 337 g/mol. The summed E-state index contributed by atoms with van der Waals surface area (Å²) in [6, 6.07) is 10.6. The third-order valence-corrected chi connectivity index (χ3v) is 4.24. The molecule has 0 aliphatic heterocycles. The molecule has 1 atom stereocenters. The van der Waals surface area contributed by atoms with Crippen LogP contribution in [0.4, 0.5) is 4.39 Å². The number of aryl methyl sites for hydroxylation is 2. The van der Waals surface area contributed by atoms with E-state index in [2.05, 4.69) is 41.9 Å². The van der Waals surface area contributed by atoms with Gasteiger partial charge in [-0.2, -0.15) is 0 Å². The Morgan fingerprint density at radius 2 is 1.80 bits per heavy atom. The van der Waals surface area contributed by atoms with Gasteiger partial charge >= 0.3 is 0 Å². The molecular formula is C17H18BrFO. The Balaban J connectivity index is 2.48. The molecule has 2 aromatic carbocycles. The lowest BCUT2D eigenvalue weighted by molar-refractivity contribution is 0.218. The van der Waals surface area contributed by atoms with Crippen LogP contribution in [0.2, 0.25) is 0 Å². The number of benzene rings is 2. The number of halogens is 2. The van der Waals surface area contributed by atoms with Gasteiger partial charge in [0, 0.05) is 4.47 Å². The third kappa shape index (κ3) is 3.10. The molecule has 0 aliphatic rings. The van der Waals surface area contributed by atoms with E-state index in [0.29, 0.717) is 10.0 Å². The van der Waals surface area contributed by atoms with Crippen molar-refractivity contribution in [3.8, 4) is 0 Å². The second kappa shape index (κ2) is 6.51. The van der Waals surface area contributed by atoms with Gasteiger partial charge in [-0.25, -0.2) is 4.39 Å². The highest BCUT2D eigenvalue weighted by atomic mass is 79.9. The quantitative estimate of drug-likeness (QED) is 0.850. The maximum Gasteiger partial charge on any atom is 0.124 e. The second-order valence-corrected chi connectivity index (χ2v) is 5.66. The van der Waals surface area contributed by atoms with Crippen LogP contribution in [0.15, 0.2) is 40.9 Å². The smallest absolute Gasteiger partial charge is 0.124 e. The normalized spacial score (nSPS) is 12.4. The Bertz CT molecular complexity index is 610. The second-order valence-electron chi connectivity index (χ2n) is 4.81. The fourth-order valence-corrected chi connectivity index (χ4v) is 2.90. The van der Waals surface area contributed by atoms with Gasteiger partial charge in [0.05, 0.1) is 0 Å². The standard InChI is InChI=1S/C17H18BrFO/c1-3-11-5-6-12(4-2)15(9-11)17(20)14-8-7-13(19)10-16(14)18/h5-10,17,20H,3-4H2,1-2H3. The molecule has 0 radical (unpaired) electrons. The van der Waals surface area contributed by atoms with Crippen molar-refractivity contribution in [3.63, 3.8) is 0 Å². The van der Waals surface area contributed by atoms with E-state index in [4.69, 9.17) is 0 Å². The van der Waals surface area contributed by atoms with Crippen molar-refractivity contribution in [1.29, 1.82) is 0 Å². The van der Waals surface area contributed by atoms with Crippen molar-refractivity contribution in [1.82, 2.24) is 0 Å². The molecule has 0 fully saturated rings. The molecule has 1 unspecified atom stereocenters. The molecule has 0 amide bonds. The van der Waals surface area contributed by atoms with Gasteiger partial charge in [0.2, 0.25) is 0 Å². The van der Waals surface area contributed by atoms with Gasteiger partial charge in [-0.3, -0.25) is 0 Å². The van der Waals surface area contributed by atoms with Crippen LogP contribution in [0.25, 0.3) is 0 Å². The predicted octanol–water partition coefficient (Wildman–Crippen LogP) is 4.79. The summed E-state index contributed by atoms with van der Waals surface area (Å²) >= 11 is 3.33. The van der Waals surface area contributed by atoms with E-state index < -0.39 is 6.10 Å². The Hall–Kier alpha value is -1.19. The lowest BCUT2D eigenvalue weighted by atomic mass is 9.93. The summed E-state index contributed by atoms with van der Waals surface area (Å²) in [5.74, 6) is -0.314. The van der Waals surface area contributed by atoms with E-state index in [-0.39, 0.29) is 5.82 Å². The molecule has 0 bridgehead atoms. The van der Waals surface area contributed by atoms with E-state index >= 15 is 0 Å². The monoisotopic (exact) mass is 336 g/mol. The van der Waals surface area contributed by atoms with Crippen LogP contribution >= 0.6 is 15.9 Å². The van der Waals surface area contributed by atoms with Crippen LogP contribution < -0.4 is 0 Å². The van der Waals surface area contributed by atoms with Crippen LogP contribution in [0.3, 0.4) is 0 Å². The lowest BCUT2D eigenvalue weighted by Crippen LogP contribution is -2.05. The molecule has 20 heavy (non-hydrogen) atoms. The van der Waals surface area contributed by atoms with Crippen LogP contribution in [0.5, 0.6) is 0 Å². The van der Waals surface area contributed by atoms with Crippen molar-refractivity contribution in [2.75, 3.05) is 0 Å². The van der Waals surface area contributed by atoms with Gasteiger partial charge in [0.15, 0.2) is 0 Å². The molecule has 1 nitrogen and oxygen atoms in total. The van der Waals surface area contributed by atoms with Gasteiger partial charge in [0.1, 0.15) is 11.9 Å². The van der Waals surface area contributed by atoms with E-state index in [1.807, 2.05) is 6.07 Å². The fourth-order valence-electron chi connectivity index (χ4n) is 2.33. The molecule has 2 aromatic rings. The number of aliphatic hydroxyl groups is 1. The van der Waals surface area contributed by atoms with Crippen LogP contribution in [-0.2, 0) is 12.8 Å². The average Bonchev–Trinajstić information content (AvgIpc) is 2.46. The molecule has 106 valence electrons. The minimum absolute atomic E-state index is 0.314. The third-order valence-electron chi connectivity index (χ3n) is 3.55. The zero-order chi connectivity index (χ0) is 14.7. The summed E-state index contributed by atoms with van der Waals surface area (Å²) in [6.45, 7) is 4.15. The lowest BCUT2D eigenvalue weighted by Gasteiger charge is -2.18. The van der Waals surface area contributed by atoms with Crippen molar-refractivity contribution >= 4 is 15.9 Å². The maximum absolute atomic E-state index is 13.2. The Morgan fingerprint density at radius 3 is 2.40 bits per heavy atom. The van der Waals surface area contributed by atoms with Gasteiger partial charge in [-0.1, -0.05) is 54.0 Å². The first kappa shape index (κ1) is 15.2. The highest BCUT2D eigenvalue weighted by Crippen LogP contribution is 2.31. The van der Waals surface area contributed by atoms with E-state index in [9.17, 15) is 9.50 Å². The molecule has 1 N–H and O–H groups in total. The van der Waals surface area contributed by atoms with Gasteiger partial charge in [-0.15, -0.1) is 0 Å². The maximum atomic E-state index is 13.2. The summed E-state index contributed by atoms with van der Waals surface area (Å²) in [6.07, 6.45) is 1.04. The molecule has 0 aromatic heterocycles. The highest BCUT2D eigenvalue weighted by molar-refractivity contribution is 9.10. The van der Waals surface area contributed by atoms with Crippen molar-refractivity contribution in [2.45, 2.75) is 32.8 Å². The summed E-state index contributed by atoms with van der Waals surface area (Å²) in [4.78, 5) is 0. The molecule has 2 rings (SSSR count). The van der Waals surface area contributed by atoms with Gasteiger partial charge in [-0.05, 0) is 47.2 Å². The molecule has 0 heterocycles. The first-order chi connectivity index (χ1) is 9.56. The zero-order valence-electron chi connectivity index (χ0n) is 11.7. The van der Waals surface area contributed by atoms with Crippen molar-refractivity contribution in [2.24, 2.45) is 0 Å². The highest BCUT2D eigenvalue weighted by Gasteiger charge is 2.17. The van der Waals surface area contributed by atoms with Crippen LogP contribution in [0, 0.1) is 5.82 Å². The molecule has 0 saturated carbocycles. The van der Waals surface area contributed by atoms with E-state index in [1.54, 1.807) is 6.07 Å². The first-order valence-electron chi connectivity index (χ1n) is 6.81. The summed E-state index contributed by atoms with van der Waals surface area (Å²) in [7, 11) is 0. The Kier molecular flexibility index (Phi) is 4.95. The van der Waals surface area contributed by atoms with Crippen molar-refractivity contribution in [3.05, 3.63) is 68.9 Å². The topological polar surface area (TPSA) is 20.2 Å². The minimum Gasteiger partial charge on any atom is -0.384 e. The number of aliphatic hydroxyl groups excluding tert-OH is 1. The minimum atomic E-state index is -0.744. The number of hydrogen-bond donors (Lipinski definition) is 1. The Morgan fingerprint density at radius 1 is 1.05 bits per heavy atom. The molecule has 0 saturated heterocycles. The molecular weight excluding hydrogens is 319 g/mol. The van der Waals surface area contributed by atoms with Crippen molar-refractivity contribution < 1.29 is 9.50 Å². The fraction of sp³-hybridized carbons (Fsp3) is 0.294. The predicted molar refractivity (Wildman–Crippen MR) is 83.4 cm³/mol. The van der Waals surface area contributed by atoms with Crippen LogP contribution in [0.1, 0.15) is 42.2 Å². The van der Waals surface area contributed by atoms with Crippen LogP contribution in [-0.4, -0.2) is 5.11 Å². The summed E-state index contributed by atoms with van der Waals surface area (Å²) in [5, 5.41) is 10.6. The first-order valence-corrected chi connectivity index (χ1v) is 7.60. The number of hydrogen-bond acceptors (Lipinski definition) is 1. The molecule has 0 spiro atoms. The summed E-state index contributed by atoms with van der Waals surface area (Å²) < 4.78 is 13.8. The summed E-state index contributed by atoms with van der Waals surface area (Å²) in [5.41, 5.74) is 3.90. The molecule has 0 aliphatic carbocycles. The molecule has 3 heteroatoms. The SMILES string of the molecule is CCc1ccc(CC)c(C(O)c2ccc(F)cc2Br)c1. The zero-order valence-corrected chi connectivity index (χ0v) is 13.2. The Labute approximate surface area is 127 Å². The largest absolute Gasteiger partial charge is 0.384 e. The van der Waals surface area contributed by atoms with Gasteiger partial charge in [0.25, 0.3) is 0 Å².